The topological polar surface area (TPSA) is 38.7 Å². The van der Waals surface area contributed by atoms with Gasteiger partial charge in [0.25, 0.3) is 0 Å². The molecule has 274 valence electrons. The lowest BCUT2D eigenvalue weighted by molar-refractivity contribution is 1.08. The van der Waals surface area contributed by atoms with Crippen LogP contribution in [-0.2, 0) is 0 Å². The molecule has 0 aliphatic heterocycles. The van der Waals surface area contributed by atoms with E-state index in [2.05, 4.69) is 177 Å². The molecule has 0 aliphatic rings. The maximum atomic E-state index is 5.36. The van der Waals surface area contributed by atoms with Crippen molar-refractivity contribution < 1.29 is 0 Å². The molecule has 9 rings (SSSR count). The number of hydrogen-bond acceptors (Lipinski definition) is 4. The van der Waals surface area contributed by atoms with Gasteiger partial charge in [-0.2, -0.15) is 0 Å². The number of aromatic nitrogens is 3. The van der Waals surface area contributed by atoms with Crippen LogP contribution >= 0.6 is 11.3 Å². The Morgan fingerprint density at radius 2 is 0.600 bits per heavy atom. The van der Waals surface area contributed by atoms with E-state index in [0.29, 0.717) is 17.5 Å². The Morgan fingerprint density at radius 3 is 1.12 bits per heavy atom. The largest absolute Gasteiger partial charge is 0.208 e. The van der Waals surface area contributed by atoms with Gasteiger partial charge in [-0.3, -0.25) is 0 Å². The third-order valence-corrected chi connectivity index (χ3v) is 15.0. The van der Waals surface area contributed by atoms with Gasteiger partial charge < -0.3 is 0 Å². The zero-order valence-electron chi connectivity index (χ0n) is 36.6. The van der Waals surface area contributed by atoms with Crippen molar-refractivity contribution in [2.24, 2.45) is 0 Å². The van der Waals surface area contributed by atoms with Crippen LogP contribution in [0.5, 0.6) is 0 Å². The first-order valence-corrected chi connectivity index (χ1v) is 21.8. The summed E-state index contributed by atoms with van der Waals surface area (Å²) in [5, 5.41) is 2.67. The molecule has 15 heteroatoms. The highest BCUT2D eigenvalue weighted by Gasteiger charge is 2.26. The van der Waals surface area contributed by atoms with Crippen LogP contribution < -0.4 is 60.1 Å². The predicted molar refractivity (Wildman–Crippen MR) is 295 cm³/mol. The molecule has 2 heterocycles. The average molecular weight is 774 g/mol. The van der Waals surface area contributed by atoms with Gasteiger partial charge >= 0.3 is 0 Å². The second-order valence-corrected chi connectivity index (χ2v) is 17.7. The van der Waals surface area contributed by atoms with E-state index in [1.54, 1.807) is 0 Å². The van der Waals surface area contributed by atoms with E-state index >= 15 is 0 Å². The molecule has 0 spiro atoms. The minimum atomic E-state index is 0.665. The Bertz CT molecular complexity index is 3170. The van der Waals surface area contributed by atoms with Crippen molar-refractivity contribution >= 4 is 178 Å². The van der Waals surface area contributed by atoms with Crippen molar-refractivity contribution in [2.75, 3.05) is 0 Å². The van der Waals surface area contributed by atoms with E-state index < -0.39 is 0 Å². The van der Waals surface area contributed by atoms with E-state index in [9.17, 15) is 0 Å². The Balaban J connectivity index is 1.24. The van der Waals surface area contributed by atoms with Crippen molar-refractivity contribution in [1.29, 1.82) is 0 Å². The van der Waals surface area contributed by atoms with Crippen LogP contribution in [0.3, 0.4) is 0 Å². The lowest BCUT2D eigenvalue weighted by Gasteiger charge is -2.25. The molecule has 7 aromatic carbocycles. The summed E-state index contributed by atoms with van der Waals surface area (Å²) < 4.78 is 2.59. The third kappa shape index (κ3) is 6.48. The molecule has 0 saturated heterocycles. The quantitative estimate of drug-likeness (QED) is 0.158. The summed E-state index contributed by atoms with van der Waals surface area (Å²) in [6.45, 7) is 0. The molecule has 0 atom stereocenters. The number of hydrogen-bond donors (Lipinski definition) is 0. The molecule has 2 aromatic heterocycles. The fourth-order valence-electron chi connectivity index (χ4n) is 9.33. The first kappa shape index (κ1) is 39.9. The molecule has 0 unspecified atom stereocenters. The highest BCUT2D eigenvalue weighted by molar-refractivity contribution is 7.28. The number of rotatable bonds is 6. The maximum Gasteiger partial charge on any atom is 0.164 e. The molecule has 0 fully saturated rings. The molecule has 0 N–H and O–H groups in total. The summed E-state index contributed by atoms with van der Waals surface area (Å²) in [5.74, 6) is 2.04. The lowest BCUT2D eigenvalue weighted by Crippen LogP contribution is -2.56. The fraction of sp³-hybridized carbons (Fsp3) is 0. The minimum absolute atomic E-state index is 0.665. The number of benzene rings is 7. The van der Waals surface area contributed by atoms with Gasteiger partial charge in [-0.15, -0.1) is 27.7 Å². The standard InChI is InChI=1S/C45H40B11N3S/c46-30-25(26-31(47)37(53)39(55)38(54)32(26)48)33(49)40(56)42-27(30)28-34(50)36(52)35(51)29(41(28)60-42)45-58-43(23-9-5-2-6-10-23)57-44(59-45)24-17-15-22(16-18-24)21-13-11-20(12-14-21)19-7-3-1-4-8-19/h1-18H,46-56H2. The highest BCUT2D eigenvalue weighted by Crippen LogP contribution is 2.37. The van der Waals surface area contributed by atoms with E-state index in [0.717, 1.165) is 22.3 Å². The Labute approximate surface area is 367 Å². The average Bonchev–Trinajstić information content (AvgIpc) is 3.69. The molecule has 0 amide bonds. The molecule has 0 bridgehead atoms. The molecule has 0 aliphatic carbocycles. The number of nitrogens with zero attached hydrogens (tertiary/aromatic N) is 3. The van der Waals surface area contributed by atoms with E-state index in [1.165, 1.54) is 108 Å². The van der Waals surface area contributed by atoms with Crippen LogP contribution in [0.2, 0.25) is 0 Å². The summed E-state index contributed by atoms with van der Waals surface area (Å²) in [7, 11) is 25.3. The smallest absolute Gasteiger partial charge is 0.164 e. The van der Waals surface area contributed by atoms with Crippen LogP contribution in [0, 0.1) is 0 Å². The lowest BCUT2D eigenvalue weighted by atomic mass is 9.57. The second kappa shape index (κ2) is 15.5. The Morgan fingerprint density at radius 1 is 0.267 bits per heavy atom. The fourth-order valence-corrected chi connectivity index (χ4v) is 10.9. The van der Waals surface area contributed by atoms with Gasteiger partial charge in [-0.25, -0.2) is 15.0 Å². The summed E-state index contributed by atoms with van der Waals surface area (Å²) >= 11 is 1.90. The predicted octanol–water partition coefficient (Wildman–Crippen LogP) is -6.92. The van der Waals surface area contributed by atoms with Crippen molar-refractivity contribution in [2.45, 2.75) is 0 Å². The van der Waals surface area contributed by atoms with Crippen LogP contribution in [-0.4, -0.2) is 101 Å². The van der Waals surface area contributed by atoms with Crippen LogP contribution in [0.1, 0.15) is 0 Å². The normalized spacial score (nSPS) is 11.4. The Hall–Kier alpha value is -5.52. The summed E-state index contributed by atoms with van der Waals surface area (Å²) in [4.78, 5) is 15.8. The molecular weight excluding hydrogens is 734 g/mol. The van der Waals surface area contributed by atoms with Gasteiger partial charge in [-0.1, -0.05) is 153 Å². The van der Waals surface area contributed by atoms with Crippen molar-refractivity contribution in [3.8, 4) is 67.5 Å². The summed E-state index contributed by atoms with van der Waals surface area (Å²) in [6.07, 6.45) is 0. The second-order valence-electron chi connectivity index (χ2n) is 16.7. The van der Waals surface area contributed by atoms with Crippen LogP contribution in [0.15, 0.2) is 109 Å². The van der Waals surface area contributed by atoms with Gasteiger partial charge in [0.05, 0.1) is 0 Å². The maximum absolute atomic E-state index is 5.36. The van der Waals surface area contributed by atoms with Crippen LogP contribution in [0.25, 0.3) is 87.7 Å². The molecule has 0 saturated carbocycles. The van der Waals surface area contributed by atoms with Gasteiger partial charge in [0.1, 0.15) is 86.3 Å². The first-order chi connectivity index (χ1) is 28.8. The SMILES string of the molecule is Bc1c(B)c(B)c(-c2c(B)c(B)c3sc4c(-c5nc(-c6ccccc6)nc(-c6ccc(-c7ccc(-c8ccccc8)cc7)cc6)n5)c(B)c(B)c(B)c4c3c2B)c(B)c1B. The van der Waals surface area contributed by atoms with Gasteiger partial charge in [-0.05, 0) is 44.2 Å². The molecule has 3 nitrogen and oxygen atoms in total. The molecular formula is C45H40B11N3S. The summed E-state index contributed by atoms with van der Waals surface area (Å²) in [6, 6.07) is 38.3. The zero-order valence-corrected chi connectivity index (χ0v) is 37.5. The monoisotopic (exact) mass is 775 g/mol. The van der Waals surface area contributed by atoms with Gasteiger partial charge in [0, 0.05) is 26.1 Å². The number of fused-ring (bicyclic) bond motifs is 3. The van der Waals surface area contributed by atoms with E-state index in [4.69, 9.17) is 15.0 Å². The highest BCUT2D eigenvalue weighted by atomic mass is 32.1. The van der Waals surface area contributed by atoms with Crippen molar-refractivity contribution in [3.05, 3.63) is 109 Å². The molecule has 60 heavy (non-hydrogen) atoms. The van der Waals surface area contributed by atoms with Crippen LogP contribution in [0.4, 0.5) is 0 Å². The molecule has 9 aromatic rings. The third-order valence-electron chi connectivity index (χ3n) is 13.6. The minimum Gasteiger partial charge on any atom is -0.208 e. The van der Waals surface area contributed by atoms with Crippen molar-refractivity contribution in [3.63, 3.8) is 0 Å². The zero-order chi connectivity index (χ0) is 42.1. The summed E-state index contributed by atoms with van der Waals surface area (Å²) in [5.41, 5.74) is 25.3. The van der Waals surface area contributed by atoms with Gasteiger partial charge in [0.15, 0.2) is 17.5 Å². The van der Waals surface area contributed by atoms with E-state index in [-0.39, 0.29) is 0 Å². The molecule has 0 radical (unpaired) electrons. The Kier molecular flexibility index (Phi) is 10.3. The van der Waals surface area contributed by atoms with E-state index in [1.807, 2.05) is 29.5 Å². The van der Waals surface area contributed by atoms with Crippen molar-refractivity contribution in [1.82, 2.24) is 15.0 Å². The van der Waals surface area contributed by atoms with Gasteiger partial charge in [0.2, 0.25) is 0 Å². The first-order valence-electron chi connectivity index (χ1n) is 21.0. The number of thiophene rings is 1.